The molecule has 1 amide bonds. The molecule has 0 fully saturated rings. The van der Waals surface area contributed by atoms with Crippen molar-refractivity contribution in [1.29, 1.82) is 0 Å². The third kappa shape index (κ3) is 2.46. The van der Waals surface area contributed by atoms with Gasteiger partial charge < -0.3 is 10.0 Å². The molecule has 0 saturated heterocycles. The summed E-state index contributed by atoms with van der Waals surface area (Å²) in [5, 5.41) is 14.0. The molecule has 0 aliphatic rings. The molecule has 0 aliphatic heterocycles. The van der Waals surface area contributed by atoms with Crippen molar-refractivity contribution in [3.63, 3.8) is 0 Å². The second-order valence-corrected chi connectivity index (χ2v) is 5.28. The van der Waals surface area contributed by atoms with Gasteiger partial charge in [0.25, 0.3) is 5.91 Å². The molecular formula is C12H15N3O3S. The third-order valence-electron chi connectivity index (χ3n) is 2.90. The summed E-state index contributed by atoms with van der Waals surface area (Å²) in [6.45, 7) is 3.75. The van der Waals surface area contributed by atoms with Gasteiger partial charge in [0.05, 0.1) is 10.6 Å². The van der Waals surface area contributed by atoms with Crippen LogP contribution in [-0.2, 0) is 11.8 Å². The number of carbonyl (C=O) groups is 2. The van der Waals surface area contributed by atoms with Gasteiger partial charge in [0.1, 0.15) is 11.4 Å². The monoisotopic (exact) mass is 281 g/mol. The Kier molecular flexibility index (Phi) is 3.57. The highest BCUT2D eigenvalue weighted by Gasteiger charge is 2.21. The highest BCUT2D eigenvalue weighted by Crippen LogP contribution is 2.28. The van der Waals surface area contributed by atoms with Crippen LogP contribution in [0.1, 0.15) is 22.3 Å². The predicted octanol–water partition coefficient (Wildman–Crippen LogP) is 1.49. The highest BCUT2D eigenvalue weighted by atomic mass is 32.1. The van der Waals surface area contributed by atoms with Gasteiger partial charge in [-0.2, -0.15) is 5.10 Å². The van der Waals surface area contributed by atoms with Gasteiger partial charge >= 0.3 is 5.97 Å². The SMILES string of the molecule is CCN(CC(=O)O)C(=O)c1cc2c(C)nn(C)c2s1. The summed E-state index contributed by atoms with van der Waals surface area (Å²) in [6.07, 6.45) is 0. The van der Waals surface area contributed by atoms with Gasteiger partial charge in [-0.15, -0.1) is 11.3 Å². The number of likely N-dealkylation sites (N-methyl/N-ethyl adjacent to an activating group) is 1. The molecule has 1 N–H and O–H groups in total. The number of thiophene rings is 1. The minimum absolute atomic E-state index is 0.245. The van der Waals surface area contributed by atoms with Crippen molar-refractivity contribution in [3.05, 3.63) is 16.6 Å². The minimum atomic E-state index is -1.01. The number of carboxylic acids is 1. The van der Waals surface area contributed by atoms with E-state index in [1.54, 1.807) is 17.7 Å². The number of fused-ring (bicyclic) bond motifs is 1. The molecule has 2 aromatic heterocycles. The number of carbonyl (C=O) groups excluding carboxylic acids is 1. The molecule has 0 atom stereocenters. The molecular weight excluding hydrogens is 266 g/mol. The lowest BCUT2D eigenvalue weighted by Gasteiger charge is -2.17. The lowest BCUT2D eigenvalue weighted by molar-refractivity contribution is -0.137. The van der Waals surface area contributed by atoms with Gasteiger partial charge in [-0.25, -0.2) is 0 Å². The Morgan fingerprint density at radius 1 is 1.53 bits per heavy atom. The van der Waals surface area contributed by atoms with E-state index in [-0.39, 0.29) is 12.5 Å². The number of nitrogens with zero attached hydrogens (tertiary/aromatic N) is 3. The summed E-state index contributed by atoms with van der Waals surface area (Å²) in [7, 11) is 1.83. The van der Waals surface area contributed by atoms with Crippen molar-refractivity contribution in [3.8, 4) is 0 Å². The van der Waals surface area contributed by atoms with Crippen LogP contribution in [-0.4, -0.2) is 44.8 Å². The largest absolute Gasteiger partial charge is 0.480 e. The van der Waals surface area contributed by atoms with Gasteiger partial charge in [0.2, 0.25) is 0 Å². The van der Waals surface area contributed by atoms with E-state index in [2.05, 4.69) is 5.10 Å². The molecule has 0 bridgehead atoms. The first-order valence-corrected chi connectivity index (χ1v) is 6.70. The first-order chi connectivity index (χ1) is 8.93. The fourth-order valence-electron chi connectivity index (χ4n) is 1.96. The Bertz CT molecular complexity index is 609. The van der Waals surface area contributed by atoms with Gasteiger partial charge in [-0.3, -0.25) is 14.3 Å². The zero-order chi connectivity index (χ0) is 14.2. The van der Waals surface area contributed by atoms with Crippen LogP contribution < -0.4 is 0 Å². The first kappa shape index (κ1) is 13.5. The second kappa shape index (κ2) is 5.00. The van der Waals surface area contributed by atoms with Crippen LogP contribution in [0.3, 0.4) is 0 Å². The summed E-state index contributed by atoms with van der Waals surface area (Å²) in [5.74, 6) is -1.25. The van der Waals surface area contributed by atoms with Crippen LogP contribution in [0.2, 0.25) is 0 Å². The average Bonchev–Trinajstić information content (AvgIpc) is 2.88. The highest BCUT2D eigenvalue weighted by molar-refractivity contribution is 7.20. The molecule has 0 radical (unpaired) electrons. The van der Waals surface area contributed by atoms with Gasteiger partial charge in [0.15, 0.2) is 0 Å². The molecule has 2 rings (SSSR count). The van der Waals surface area contributed by atoms with Crippen molar-refractivity contribution in [2.45, 2.75) is 13.8 Å². The summed E-state index contributed by atoms with van der Waals surface area (Å²) < 4.78 is 1.74. The standard InChI is InChI=1S/C12H15N3O3S/c1-4-15(6-10(16)17)11(18)9-5-8-7(2)13-14(3)12(8)19-9/h5H,4,6H2,1-3H3,(H,16,17). The molecule has 0 unspecified atom stereocenters. The van der Waals surface area contributed by atoms with E-state index in [9.17, 15) is 9.59 Å². The topological polar surface area (TPSA) is 75.4 Å². The Hall–Kier alpha value is -1.89. The lowest BCUT2D eigenvalue weighted by Crippen LogP contribution is -2.34. The van der Waals surface area contributed by atoms with E-state index in [0.717, 1.165) is 15.9 Å². The van der Waals surface area contributed by atoms with Gasteiger partial charge in [-0.05, 0) is 19.9 Å². The molecule has 0 aliphatic carbocycles. The van der Waals surface area contributed by atoms with E-state index < -0.39 is 5.97 Å². The minimum Gasteiger partial charge on any atom is -0.480 e. The Morgan fingerprint density at radius 2 is 2.21 bits per heavy atom. The van der Waals surface area contributed by atoms with Crippen LogP contribution >= 0.6 is 11.3 Å². The normalized spacial score (nSPS) is 10.9. The number of hydrogen-bond donors (Lipinski definition) is 1. The number of hydrogen-bond acceptors (Lipinski definition) is 4. The average molecular weight is 281 g/mol. The van der Waals surface area contributed by atoms with Gasteiger partial charge in [-0.1, -0.05) is 0 Å². The molecule has 2 heterocycles. The maximum absolute atomic E-state index is 12.2. The summed E-state index contributed by atoms with van der Waals surface area (Å²) in [6, 6.07) is 1.79. The Morgan fingerprint density at radius 3 is 2.74 bits per heavy atom. The van der Waals surface area contributed by atoms with E-state index in [1.807, 2.05) is 14.0 Å². The molecule has 102 valence electrons. The van der Waals surface area contributed by atoms with Gasteiger partial charge in [0, 0.05) is 19.0 Å². The fourth-order valence-corrected chi connectivity index (χ4v) is 3.05. The van der Waals surface area contributed by atoms with Crippen LogP contribution in [0.15, 0.2) is 6.07 Å². The number of amides is 1. The van der Waals surface area contributed by atoms with Crippen molar-refractivity contribution >= 4 is 33.4 Å². The lowest BCUT2D eigenvalue weighted by atomic mass is 10.3. The third-order valence-corrected chi connectivity index (χ3v) is 4.09. The first-order valence-electron chi connectivity index (χ1n) is 5.88. The maximum Gasteiger partial charge on any atom is 0.323 e. The second-order valence-electron chi connectivity index (χ2n) is 4.25. The van der Waals surface area contributed by atoms with E-state index >= 15 is 0 Å². The molecule has 19 heavy (non-hydrogen) atoms. The van der Waals surface area contributed by atoms with Crippen molar-refractivity contribution in [2.75, 3.05) is 13.1 Å². The number of rotatable bonds is 4. The zero-order valence-corrected chi connectivity index (χ0v) is 11.8. The van der Waals surface area contributed by atoms with Crippen molar-refractivity contribution in [2.24, 2.45) is 7.05 Å². The number of aromatic nitrogens is 2. The molecule has 7 heteroatoms. The fraction of sp³-hybridized carbons (Fsp3) is 0.417. The van der Waals surface area contributed by atoms with E-state index in [0.29, 0.717) is 11.4 Å². The predicted molar refractivity (Wildman–Crippen MR) is 72.5 cm³/mol. The van der Waals surface area contributed by atoms with E-state index in [4.69, 9.17) is 5.11 Å². The van der Waals surface area contributed by atoms with Crippen molar-refractivity contribution in [1.82, 2.24) is 14.7 Å². The van der Waals surface area contributed by atoms with Crippen LogP contribution in [0.4, 0.5) is 0 Å². The molecule has 0 saturated carbocycles. The van der Waals surface area contributed by atoms with Crippen LogP contribution in [0.5, 0.6) is 0 Å². The Labute approximate surface area is 114 Å². The summed E-state index contributed by atoms with van der Waals surface area (Å²) >= 11 is 1.34. The van der Waals surface area contributed by atoms with Crippen LogP contribution in [0, 0.1) is 6.92 Å². The number of carboxylic acid groups (broad SMARTS) is 1. The Balaban J connectivity index is 2.35. The molecule has 0 aromatic carbocycles. The molecule has 2 aromatic rings. The summed E-state index contributed by atoms with van der Waals surface area (Å²) in [4.78, 5) is 25.8. The summed E-state index contributed by atoms with van der Waals surface area (Å²) in [5.41, 5.74) is 0.870. The number of aryl methyl sites for hydroxylation is 2. The zero-order valence-electron chi connectivity index (χ0n) is 11.0. The maximum atomic E-state index is 12.2. The van der Waals surface area contributed by atoms with Crippen molar-refractivity contribution < 1.29 is 14.7 Å². The van der Waals surface area contributed by atoms with E-state index in [1.165, 1.54) is 16.2 Å². The molecule has 0 spiro atoms. The smallest absolute Gasteiger partial charge is 0.323 e. The number of aliphatic carboxylic acids is 1. The van der Waals surface area contributed by atoms with Crippen LogP contribution in [0.25, 0.3) is 10.2 Å². The molecule has 6 nitrogen and oxygen atoms in total. The quantitative estimate of drug-likeness (QED) is 0.921.